The van der Waals surface area contributed by atoms with Crippen molar-refractivity contribution in [1.29, 1.82) is 0 Å². The van der Waals surface area contributed by atoms with Gasteiger partial charge < -0.3 is 15.5 Å². The number of nitrogen functional groups attached to an aromatic ring is 1. The van der Waals surface area contributed by atoms with Crippen LogP contribution < -0.4 is 10.6 Å². The molecule has 15 heavy (non-hydrogen) atoms. The van der Waals surface area contributed by atoms with Crippen LogP contribution in [0.3, 0.4) is 0 Å². The minimum atomic E-state index is 0.643. The molecule has 2 heterocycles. The molecular weight excluding hydrogens is 188 g/mol. The molecule has 0 aromatic carbocycles. The van der Waals surface area contributed by atoms with E-state index in [1.54, 1.807) is 6.20 Å². The summed E-state index contributed by atoms with van der Waals surface area (Å²) in [6.45, 7) is 2.14. The molecule has 0 spiro atoms. The van der Waals surface area contributed by atoms with E-state index in [0.717, 1.165) is 24.6 Å². The van der Waals surface area contributed by atoms with Crippen LogP contribution in [0, 0.1) is 0 Å². The standard InChI is InChI=1S/C11H18N4/c1-14(2)10-5-6-15(8-10)11-4-3-9(12)7-13-11/h3-4,7,10H,5-6,8,12H2,1-2H3. The summed E-state index contributed by atoms with van der Waals surface area (Å²) in [4.78, 5) is 8.92. The molecule has 4 heteroatoms. The van der Waals surface area contributed by atoms with Gasteiger partial charge in [-0.05, 0) is 32.6 Å². The minimum absolute atomic E-state index is 0.643. The Labute approximate surface area is 90.7 Å². The lowest BCUT2D eigenvalue weighted by Gasteiger charge is -2.20. The van der Waals surface area contributed by atoms with E-state index in [0.29, 0.717) is 6.04 Å². The third kappa shape index (κ3) is 2.21. The van der Waals surface area contributed by atoms with Gasteiger partial charge in [0.1, 0.15) is 5.82 Å². The molecule has 0 saturated carbocycles. The van der Waals surface area contributed by atoms with Gasteiger partial charge >= 0.3 is 0 Å². The van der Waals surface area contributed by atoms with Crippen molar-refractivity contribution in [2.24, 2.45) is 0 Å². The van der Waals surface area contributed by atoms with E-state index < -0.39 is 0 Å². The first-order valence-corrected chi connectivity index (χ1v) is 5.30. The molecule has 2 N–H and O–H groups in total. The predicted molar refractivity (Wildman–Crippen MR) is 63.0 cm³/mol. The van der Waals surface area contributed by atoms with Gasteiger partial charge in [-0.3, -0.25) is 0 Å². The highest BCUT2D eigenvalue weighted by Gasteiger charge is 2.24. The average Bonchev–Trinajstić information content (AvgIpc) is 2.68. The molecule has 2 rings (SSSR count). The molecule has 0 bridgehead atoms. The molecule has 1 aliphatic rings. The summed E-state index contributed by atoms with van der Waals surface area (Å²) in [7, 11) is 4.26. The van der Waals surface area contributed by atoms with E-state index >= 15 is 0 Å². The Morgan fingerprint density at radius 2 is 2.27 bits per heavy atom. The van der Waals surface area contributed by atoms with Crippen molar-refractivity contribution in [2.75, 3.05) is 37.8 Å². The fourth-order valence-electron chi connectivity index (χ4n) is 1.96. The summed E-state index contributed by atoms with van der Waals surface area (Å²) < 4.78 is 0. The van der Waals surface area contributed by atoms with E-state index in [1.807, 2.05) is 12.1 Å². The van der Waals surface area contributed by atoms with Crippen molar-refractivity contribution in [2.45, 2.75) is 12.5 Å². The summed E-state index contributed by atoms with van der Waals surface area (Å²) in [6, 6.07) is 4.54. The zero-order valence-corrected chi connectivity index (χ0v) is 9.35. The van der Waals surface area contributed by atoms with E-state index in [-0.39, 0.29) is 0 Å². The smallest absolute Gasteiger partial charge is 0.128 e. The average molecular weight is 206 g/mol. The summed E-state index contributed by atoms with van der Waals surface area (Å²) in [5.41, 5.74) is 6.34. The summed E-state index contributed by atoms with van der Waals surface area (Å²) >= 11 is 0. The summed E-state index contributed by atoms with van der Waals surface area (Å²) in [6.07, 6.45) is 2.93. The number of likely N-dealkylation sites (N-methyl/N-ethyl adjacent to an activating group) is 1. The number of rotatable bonds is 2. The molecule has 1 aromatic heterocycles. The number of nitrogens with zero attached hydrogens (tertiary/aromatic N) is 3. The first-order valence-electron chi connectivity index (χ1n) is 5.30. The van der Waals surface area contributed by atoms with Crippen molar-refractivity contribution in [1.82, 2.24) is 9.88 Å². The summed E-state index contributed by atoms with van der Waals surface area (Å²) in [5, 5.41) is 0. The highest BCUT2D eigenvalue weighted by atomic mass is 15.3. The van der Waals surface area contributed by atoms with Crippen LogP contribution >= 0.6 is 0 Å². The van der Waals surface area contributed by atoms with E-state index in [1.165, 1.54) is 6.42 Å². The minimum Gasteiger partial charge on any atom is -0.397 e. The van der Waals surface area contributed by atoms with Gasteiger partial charge in [-0.2, -0.15) is 0 Å². The Hall–Kier alpha value is -1.29. The van der Waals surface area contributed by atoms with Gasteiger partial charge in [0.15, 0.2) is 0 Å². The summed E-state index contributed by atoms with van der Waals surface area (Å²) in [5.74, 6) is 1.04. The number of hydrogen-bond donors (Lipinski definition) is 1. The van der Waals surface area contributed by atoms with Crippen LogP contribution in [0.5, 0.6) is 0 Å². The Kier molecular flexibility index (Phi) is 2.77. The lowest BCUT2D eigenvalue weighted by atomic mass is 10.2. The highest BCUT2D eigenvalue weighted by molar-refractivity contribution is 5.46. The van der Waals surface area contributed by atoms with Gasteiger partial charge in [-0.1, -0.05) is 0 Å². The highest BCUT2D eigenvalue weighted by Crippen LogP contribution is 2.20. The second kappa shape index (κ2) is 4.06. The van der Waals surface area contributed by atoms with Gasteiger partial charge in [-0.25, -0.2) is 4.98 Å². The van der Waals surface area contributed by atoms with Gasteiger partial charge in [-0.15, -0.1) is 0 Å². The second-order valence-electron chi connectivity index (χ2n) is 4.30. The zero-order chi connectivity index (χ0) is 10.8. The first kappa shape index (κ1) is 10.2. The Bertz CT molecular complexity index is 320. The Morgan fingerprint density at radius 3 is 2.80 bits per heavy atom. The van der Waals surface area contributed by atoms with Gasteiger partial charge in [0.25, 0.3) is 0 Å². The van der Waals surface area contributed by atoms with Crippen molar-refractivity contribution in [3.63, 3.8) is 0 Å². The number of hydrogen-bond acceptors (Lipinski definition) is 4. The van der Waals surface area contributed by atoms with E-state index in [4.69, 9.17) is 5.73 Å². The zero-order valence-electron chi connectivity index (χ0n) is 9.35. The van der Waals surface area contributed by atoms with Crippen molar-refractivity contribution in [3.05, 3.63) is 18.3 Å². The molecule has 4 nitrogen and oxygen atoms in total. The van der Waals surface area contributed by atoms with Crippen LogP contribution in [0.1, 0.15) is 6.42 Å². The molecule has 1 atom stereocenters. The third-order valence-electron chi connectivity index (χ3n) is 2.99. The maximum Gasteiger partial charge on any atom is 0.128 e. The van der Waals surface area contributed by atoms with Crippen LogP contribution in [-0.2, 0) is 0 Å². The van der Waals surface area contributed by atoms with Crippen LogP contribution in [0.15, 0.2) is 18.3 Å². The van der Waals surface area contributed by atoms with Gasteiger partial charge in [0.2, 0.25) is 0 Å². The van der Waals surface area contributed by atoms with E-state index in [9.17, 15) is 0 Å². The molecule has 82 valence electrons. The van der Waals surface area contributed by atoms with Gasteiger partial charge in [0.05, 0.1) is 11.9 Å². The monoisotopic (exact) mass is 206 g/mol. The van der Waals surface area contributed by atoms with Crippen molar-refractivity contribution < 1.29 is 0 Å². The van der Waals surface area contributed by atoms with Crippen LogP contribution in [-0.4, -0.2) is 43.1 Å². The first-order chi connectivity index (χ1) is 7.16. The Balaban J connectivity index is 2.04. The van der Waals surface area contributed by atoms with Crippen LogP contribution in [0.25, 0.3) is 0 Å². The molecule has 1 saturated heterocycles. The fourth-order valence-corrected chi connectivity index (χ4v) is 1.96. The predicted octanol–water partition coefficient (Wildman–Crippen LogP) is 0.804. The molecule has 1 fully saturated rings. The van der Waals surface area contributed by atoms with Crippen molar-refractivity contribution in [3.8, 4) is 0 Å². The maximum absolute atomic E-state index is 5.61. The molecule has 1 aromatic rings. The lowest BCUT2D eigenvalue weighted by Crippen LogP contribution is -2.31. The number of nitrogens with two attached hydrogens (primary N) is 1. The number of pyridine rings is 1. The molecule has 0 amide bonds. The Morgan fingerprint density at radius 1 is 1.47 bits per heavy atom. The van der Waals surface area contributed by atoms with Crippen LogP contribution in [0.4, 0.5) is 11.5 Å². The number of anilines is 2. The largest absolute Gasteiger partial charge is 0.397 e. The molecule has 0 radical (unpaired) electrons. The normalized spacial score (nSPS) is 21.3. The SMILES string of the molecule is CN(C)C1CCN(c2ccc(N)cn2)C1. The third-order valence-corrected chi connectivity index (χ3v) is 2.99. The second-order valence-corrected chi connectivity index (χ2v) is 4.30. The van der Waals surface area contributed by atoms with Crippen LogP contribution in [0.2, 0.25) is 0 Å². The lowest BCUT2D eigenvalue weighted by molar-refractivity contribution is 0.315. The fraction of sp³-hybridized carbons (Fsp3) is 0.545. The quantitative estimate of drug-likeness (QED) is 0.777. The number of aromatic nitrogens is 1. The van der Waals surface area contributed by atoms with Gasteiger partial charge in [0, 0.05) is 19.1 Å². The topological polar surface area (TPSA) is 45.4 Å². The molecule has 1 aliphatic heterocycles. The molecular formula is C11H18N4. The van der Waals surface area contributed by atoms with Crippen molar-refractivity contribution >= 4 is 11.5 Å². The molecule has 0 aliphatic carbocycles. The maximum atomic E-state index is 5.61. The molecule has 1 unspecified atom stereocenters. The van der Waals surface area contributed by atoms with E-state index in [2.05, 4.69) is 28.9 Å².